The molecular weight excluding hydrogens is 396 g/mol. The van der Waals surface area contributed by atoms with E-state index in [0.29, 0.717) is 25.0 Å². The lowest BCUT2D eigenvalue weighted by Gasteiger charge is -2.10. The molecule has 0 aromatic carbocycles. The molecule has 0 saturated carbocycles. The maximum absolute atomic E-state index is 11.6. The fourth-order valence-corrected chi connectivity index (χ4v) is 2.96. The largest absolute Gasteiger partial charge is 0.463 e. The summed E-state index contributed by atoms with van der Waals surface area (Å²) in [6.45, 7) is 3.16. The molecule has 31 heavy (non-hydrogen) atoms. The molecule has 0 aliphatic carbocycles. The van der Waals surface area contributed by atoms with Gasteiger partial charge in [-0.1, -0.05) is 56.2 Å². The van der Waals surface area contributed by atoms with Gasteiger partial charge in [0.25, 0.3) is 0 Å². The molecule has 1 heterocycles. The van der Waals surface area contributed by atoms with Crippen LogP contribution in [0, 0.1) is 0 Å². The van der Waals surface area contributed by atoms with Crippen molar-refractivity contribution >= 4 is 11.9 Å². The molecule has 176 valence electrons. The first-order chi connectivity index (χ1) is 15.0. The predicted octanol–water partition coefficient (Wildman–Crippen LogP) is 4.81. The molecule has 0 radical (unpaired) electrons. The number of epoxide rings is 1. The van der Waals surface area contributed by atoms with E-state index in [0.717, 1.165) is 25.7 Å². The van der Waals surface area contributed by atoms with Gasteiger partial charge in [-0.2, -0.15) is 0 Å². The van der Waals surface area contributed by atoms with Gasteiger partial charge in [-0.25, -0.2) is 0 Å². The Morgan fingerprint density at radius 1 is 0.903 bits per heavy atom. The van der Waals surface area contributed by atoms with Gasteiger partial charge in [-0.3, -0.25) is 9.59 Å². The molecule has 6 heteroatoms. The van der Waals surface area contributed by atoms with E-state index >= 15 is 0 Å². The molecule has 1 aliphatic heterocycles. The van der Waals surface area contributed by atoms with Crippen molar-refractivity contribution < 1.29 is 28.9 Å². The molecule has 1 N–H and O–H groups in total. The second-order valence-corrected chi connectivity index (χ2v) is 7.86. The number of carbonyl (C=O) groups is 2. The third-order valence-electron chi connectivity index (χ3n) is 4.84. The van der Waals surface area contributed by atoms with Crippen LogP contribution in [-0.2, 0) is 23.8 Å². The number of aliphatic hydroxyl groups is 1. The average Bonchev–Trinajstić information content (AvgIpc) is 3.50. The highest BCUT2D eigenvalue weighted by Gasteiger charge is 2.35. The molecule has 6 nitrogen and oxygen atoms in total. The minimum atomic E-state index is -0.985. The van der Waals surface area contributed by atoms with Crippen LogP contribution in [0.5, 0.6) is 0 Å². The lowest BCUT2D eigenvalue weighted by Crippen LogP contribution is -2.24. The first kappa shape index (κ1) is 27.1. The monoisotopic (exact) mass is 436 g/mol. The first-order valence-electron chi connectivity index (χ1n) is 11.6. The van der Waals surface area contributed by atoms with Crippen molar-refractivity contribution in [2.24, 2.45) is 0 Å². The lowest BCUT2D eigenvalue weighted by atomic mass is 10.1. The summed E-state index contributed by atoms with van der Waals surface area (Å²) in [5.74, 6) is -0.832. The Balaban J connectivity index is 1.95. The van der Waals surface area contributed by atoms with Gasteiger partial charge in [0.15, 0.2) is 0 Å². The minimum Gasteiger partial charge on any atom is -0.463 e. The van der Waals surface area contributed by atoms with Crippen LogP contribution < -0.4 is 0 Å². The van der Waals surface area contributed by atoms with E-state index in [1.807, 2.05) is 0 Å². The number of carbonyl (C=O) groups excluding carboxylic acids is 2. The van der Waals surface area contributed by atoms with E-state index in [1.165, 1.54) is 32.6 Å². The summed E-state index contributed by atoms with van der Waals surface area (Å²) in [4.78, 5) is 22.2. The molecule has 1 rings (SSSR count). The Morgan fingerprint density at radius 3 is 2.23 bits per heavy atom. The number of ether oxygens (including phenoxy) is 3. The zero-order chi connectivity index (χ0) is 22.7. The average molecular weight is 437 g/mol. The third kappa shape index (κ3) is 16.4. The summed E-state index contributed by atoms with van der Waals surface area (Å²) in [6, 6.07) is 0. The highest BCUT2D eigenvalue weighted by Crippen LogP contribution is 2.29. The van der Waals surface area contributed by atoms with Crippen LogP contribution in [0.4, 0.5) is 0 Å². The zero-order valence-electron chi connectivity index (χ0n) is 19.2. The molecule has 0 aromatic rings. The van der Waals surface area contributed by atoms with Gasteiger partial charge < -0.3 is 19.3 Å². The number of rotatable bonds is 18. The van der Waals surface area contributed by atoms with Gasteiger partial charge in [0, 0.05) is 13.3 Å². The number of aliphatic hydroxyl groups excluding tert-OH is 1. The predicted molar refractivity (Wildman–Crippen MR) is 122 cm³/mol. The first-order valence-corrected chi connectivity index (χ1v) is 11.6. The SMILES string of the molecule is CCCCC/C=C\C/C=C\CC1OC1C/C=C\CCCC(=O)OC[C@@H](O)COC(C)=O. The fraction of sp³-hybridized carbons (Fsp3) is 0.680. The Kier molecular flexibility index (Phi) is 15.5. The Hall–Kier alpha value is -1.92. The maximum Gasteiger partial charge on any atom is 0.305 e. The molecule has 1 aliphatic rings. The van der Waals surface area contributed by atoms with Crippen LogP contribution >= 0.6 is 0 Å². The number of hydrogen-bond donors (Lipinski definition) is 1. The van der Waals surface area contributed by atoms with Crippen molar-refractivity contribution in [3.63, 3.8) is 0 Å². The highest BCUT2D eigenvalue weighted by atomic mass is 16.6. The molecule has 0 amide bonds. The molecule has 0 bridgehead atoms. The summed E-state index contributed by atoms with van der Waals surface area (Å²) in [5, 5.41) is 9.51. The summed E-state index contributed by atoms with van der Waals surface area (Å²) >= 11 is 0. The molecule has 3 atom stereocenters. The maximum atomic E-state index is 11.6. The van der Waals surface area contributed by atoms with Crippen molar-refractivity contribution in [2.75, 3.05) is 13.2 Å². The van der Waals surface area contributed by atoms with E-state index < -0.39 is 12.1 Å². The summed E-state index contributed by atoms with van der Waals surface area (Å²) in [6.07, 6.45) is 22.5. The number of allylic oxidation sites excluding steroid dienone is 4. The van der Waals surface area contributed by atoms with Crippen molar-refractivity contribution in [3.05, 3.63) is 36.5 Å². The van der Waals surface area contributed by atoms with E-state index in [9.17, 15) is 14.7 Å². The normalized spacial score (nSPS) is 19.3. The molecule has 2 unspecified atom stereocenters. The van der Waals surface area contributed by atoms with Crippen molar-refractivity contribution in [1.82, 2.24) is 0 Å². The van der Waals surface area contributed by atoms with Gasteiger partial charge in [0.1, 0.15) is 19.3 Å². The smallest absolute Gasteiger partial charge is 0.305 e. The van der Waals surface area contributed by atoms with Gasteiger partial charge in [0.05, 0.1) is 12.2 Å². The van der Waals surface area contributed by atoms with Crippen LogP contribution in [0.2, 0.25) is 0 Å². The highest BCUT2D eigenvalue weighted by molar-refractivity contribution is 5.69. The molecule has 0 aromatic heterocycles. The molecular formula is C25H40O6. The zero-order valence-corrected chi connectivity index (χ0v) is 19.2. The topological polar surface area (TPSA) is 85.4 Å². The number of unbranched alkanes of at least 4 members (excludes halogenated alkanes) is 4. The van der Waals surface area contributed by atoms with Crippen LogP contribution in [0.3, 0.4) is 0 Å². The van der Waals surface area contributed by atoms with Gasteiger partial charge in [-0.05, 0) is 44.9 Å². The second-order valence-electron chi connectivity index (χ2n) is 7.86. The van der Waals surface area contributed by atoms with Crippen LogP contribution in [0.15, 0.2) is 36.5 Å². The van der Waals surface area contributed by atoms with Crippen molar-refractivity contribution in [1.29, 1.82) is 0 Å². The van der Waals surface area contributed by atoms with Crippen LogP contribution in [-0.4, -0.2) is 48.6 Å². The fourth-order valence-electron chi connectivity index (χ4n) is 2.96. The quantitative estimate of drug-likeness (QED) is 0.144. The summed E-state index contributed by atoms with van der Waals surface area (Å²) in [7, 11) is 0. The minimum absolute atomic E-state index is 0.161. The molecule has 1 saturated heterocycles. The summed E-state index contributed by atoms with van der Waals surface area (Å²) in [5.41, 5.74) is 0. The lowest BCUT2D eigenvalue weighted by molar-refractivity contribution is -0.151. The Morgan fingerprint density at radius 2 is 1.52 bits per heavy atom. The van der Waals surface area contributed by atoms with E-state index in [4.69, 9.17) is 9.47 Å². The van der Waals surface area contributed by atoms with E-state index in [1.54, 1.807) is 0 Å². The van der Waals surface area contributed by atoms with Gasteiger partial charge >= 0.3 is 11.9 Å². The number of hydrogen-bond acceptors (Lipinski definition) is 6. The third-order valence-corrected chi connectivity index (χ3v) is 4.84. The van der Waals surface area contributed by atoms with Gasteiger partial charge in [0.2, 0.25) is 0 Å². The standard InChI is InChI=1S/C25H40O6/c1-3-4-5-6-7-8-9-10-13-16-23-24(31-23)17-14-11-12-15-18-25(28)30-20-22(27)19-29-21(2)26/h7-8,10-11,13-14,22-24,27H,3-6,9,12,15-20H2,1-2H3/b8-7-,13-10-,14-11-/t22-,23?,24?/m0/s1. The van der Waals surface area contributed by atoms with E-state index in [-0.39, 0.29) is 19.2 Å². The Labute approximate surface area is 187 Å². The Bertz CT molecular complexity index is 581. The summed E-state index contributed by atoms with van der Waals surface area (Å²) < 4.78 is 15.3. The number of esters is 2. The van der Waals surface area contributed by atoms with Crippen molar-refractivity contribution in [2.45, 2.75) is 96.4 Å². The molecule has 1 fully saturated rings. The van der Waals surface area contributed by atoms with Crippen molar-refractivity contribution in [3.8, 4) is 0 Å². The van der Waals surface area contributed by atoms with Gasteiger partial charge in [-0.15, -0.1) is 0 Å². The van der Waals surface area contributed by atoms with Crippen LogP contribution in [0.25, 0.3) is 0 Å². The molecule has 0 spiro atoms. The van der Waals surface area contributed by atoms with E-state index in [2.05, 4.69) is 48.1 Å². The van der Waals surface area contributed by atoms with Crippen LogP contribution in [0.1, 0.15) is 78.1 Å². The second kappa shape index (κ2) is 17.7.